The number of hydrogen-bond acceptors (Lipinski definition) is 5. The largest absolute Gasteiger partial charge is 0.497 e. The average Bonchev–Trinajstić information content (AvgIpc) is 2.78. The van der Waals surface area contributed by atoms with Crippen LogP contribution in [-0.4, -0.2) is 30.5 Å². The Morgan fingerprint density at radius 2 is 1.73 bits per heavy atom. The standard InChI is InChI=1S/C24H26N2O5S2/c1-18-5-3-6-19(15-18)17-32(27,28)25-21-9-8-20-7-4-14-26(24(20)16-21)33(29,30)23-12-10-22(31-2)11-13-23/h3,5-6,8-13,15-16,25H,4,7,14,17H2,1-2H3. The molecule has 0 aliphatic carbocycles. The van der Waals surface area contributed by atoms with E-state index in [2.05, 4.69) is 4.72 Å². The van der Waals surface area contributed by atoms with Crippen molar-refractivity contribution in [2.45, 2.75) is 30.4 Å². The number of aryl methyl sites for hydroxylation is 2. The lowest BCUT2D eigenvalue weighted by Gasteiger charge is -2.31. The maximum atomic E-state index is 13.4. The van der Waals surface area contributed by atoms with Crippen LogP contribution >= 0.6 is 0 Å². The topological polar surface area (TPSA) is 92.8 Å². The molecule has 174 valence electrons. The van der Waals surface area contributed by atoms with Crippen molar-refractivity contribution in [2.24, 2.45) is 0 Å². The quantitative estimate of drug-likeness (QED) is 0.543. The van der Waals surface area contributed by atoms with Gasteiger partial charge in [-0.25, -0.2) is 16.8 Å². The smallest absolute Gasteiger partial charge is 0.264 e. The number of hydrogen-bond donors (Lipinski definition) is 1. The van der Waals surface area contributed by atoms with Gasteiger partial charge in [0.2, 0.25) is 10.0 Å². The van der Waals surface area contributed by atoms with Crippen molar-refractivity contribution < 1.29 is 21.6 Å². The van der Waals surface area contributed by atoms with E-state index in [0.29, 0.717) is 35.7 Å². The molecular weight excluding hydrogens is 460 g/mol. The summed E-state index contributed by atoms with van der Waals surface area (Å²) in [6.07, 6.45) is 1.40. The Morgan fingerprint density at radius 1 is 0.970 bits per heavy atom. The maximum Gasteiger partial charge on any atom is 0.264 e. The normalized spacial score (nSPS) is 13.9. The van der Waals surface area contributed by atoms with Gasteiger partial charge in [-0.2, -0.15) is 0 Å². The second-order valence-electron chi connectivity index (χ2n) is 8.05. The predicted octanol–water partition coefficient (Wildman–Crippen LogP) is 4.09. The number of sulfonamides is 2. The fourth-order valence-electron chi connectivity index (χ4n) is 3.97. The second kappa shape index (κ2) is 9.07. The minimum absolute atomic E-state index is 0.154. The van der Waals surface area contributed by atoms with Crippen molar-refractivity contribution >= 4 is 31.4 Å². The molecule has 0 bridgehead atoms. The first-order valence-electron chi connectivity index (χ1n) is 10.5. The zero-order valence-electron chi connectivity index (χ0n) is 18.5. The molecule has 4 rings (SSSR count). The molecule has 0 spiro atoms. The summed E-state index contributed by atoms with van der Waals surface area (Å²) in [6, 6.07) is 18.6. The molecule has 33 heavy (non-hydrogen) atoms. The van der Waals surface area contributed by atoms with Crippen LogP contribution in [0.3, 0.4) is 0 Å². The number of anilines is 2. The number of methoxy groups -OCH3 is 1. The summed E-state index contributed by atoms with van der Waals surface area (Å²) in [6.45, 7) is 2.23. The van der Waals surface area contributed by atoms with E-state index < -0.39 is 20.0 Å². The van der Waals surface area contributed by atoms with Crippen molar-refractivity contribution in [1.29, 1.82) is 0 Å². The molecule has 0 atom stereocenters. The first kappa shape index (κ1) is 23.1. The zero-order chi connectivity index (χ0) is 23.6. The third-order valence-electron chi connectivity index (χ3n) is 5.52. The Bertz CT molecular complexity index is 1370. The number of ether oxygens (including phenoxy) is 1. The van der Waals surface area contributed by atoms with E-state index in [1.165, 1.54) is 23.5 Å². The van der Waals surface area contributed by atoms with Gasteiger partial charge in [-0.15, -0.1) is 0 Å². The first-order chi connectivity index (χ1) is 15.7. The Hall–Kier alpha value is -3.04. The average molecular weight is 487 g/mol. The Kier molecular flexibility index (Phi) is 6.36. The number of nitrogens with one attached hydrogen (secondary N) is 1. The second-order valence-corrected chi connectivity index (χ2v) is 11.6. The van der Waals surface area contributed by atoms with Crippen LogP contribution in [-0.2, 0) is 32.2 Å². The molecule has 9 heteroatoms. The monoisotopic (exact) mass is 486 g/mol. The lowest BCUT2D eigenvalue weighted by Crippen LogP contribution is -2.35. The van der Waals surface area contributed by atoms with Crippen LogP contribution in [0.4, 0.5) is 11.4 Å². The van der Waals surface area contributed by atoms with E-state index in [0.717, 1.165) is 17.5 Å². The van der Waals surface area contributed by atoms with Crippen molar-refractivity contribution in [3.63, 3.8) is 0 Å². The minimum Gasteiger partial charge on any atom is -0.497 e. The van der Waals surface area contributed by atoms with Gasteiger partial charge in [-0.3, -0.25) is 9.03 Å². The third kappa shape index (κ3) is 5.15. The molecule has 1 aliphatic heterocycles. The number of benzene rings is 3. The van der Waals surface area contributed by atoms with Gasteiger partial charge in [-0.1, -0.05) is 35.9 Å². The van der Waals surface area contributed by atoms with E-state index in [4.69, 9.17) is 4.74 Å². The van der Waals surface area contributed by atoms with Crippen LogP contribution < -0.4 is 13.8 Å². The molecule has 0 amide bonds. The third-order valence-corrected chi connectivity index (χ3v) is 8.61. The van der Waals surface area contributed by atoms with E-state index in [-0.39, 0.29) is 10.6 Å². The van der Waals surface area contributed by atoms with Gasteiger partial charge in [0, 0.05) is 6.54 Å². The molecule has 0 unspecified atom stereocenters. The van der Waals surface area contributed by atoms with Crippen LogP contribution in [0.2, 0.25) is 0 Å². The van der Waals surface area contributed by atoms with Crippen LogP contribution in [0.5, 0.6) is 5.75 Å². The zero-order valence-corrected chi connectivity index (χ0v) is 20.1. The lowest BCUT2D eigenvalue weighted by molar-refractivity contribution is 0.414. The summed E-state index contributed by atoms with van der Waals surface area (Å²) in [7, 11) is -5.97. The van der Waals surface area contributed by atoms with Gasteiger partial charge < -0.3 is 4.74 Å². The highest BCUT2D eigenvalue weighted by atomic mass is 32.2. The van der Waals surface area contributed by atoms with E-state index >= 15 is 0 Å². The molecule has 1 N–H and O–H groups in total. The summed E-state index contributed by atoms with van der Waals surface area (Å²) >= 11 is 0. The molecule has 7 nitrogen and oxygen atoms in total. The molecular formula is C24H26N2O5S2. The highest BCUT2D eigenvalue weighted by Gasteiger charge is 2.29. The van der Waals surface area contributed by atoms with Gasteiger partial charge >= 0.3 is 0 Å². The van der Waals surface area contributed by atoms with Gasteiger partial charge in [0.1, 0.15) is 5.75 Å². The Morgan fingerprint density at radius 3 is 2.42 bits per heavy atom. The van der Waals surface area contributed by atoms with Crippen molar-refractivity contribution in [2.75, 3.05) is 22.7 Å². The van der Waals surface area contributed by atoms with Crippen LogP contribution in [0.15, 0.2) is 71.6 Å². The summed E-state index contributed by atoms with van der Waals surface area (Å²) in [5, 5.41) is 0. The van der Waals surface area contributed by atoms with Crippen LogP contribution in [0.25, 0.3) is 0 Å². The summed E-state index contributed by atoms with van der Waals surface area (Å²) in [4.78, 5) is 0.154. The van der Waals surface area contributed by atoms with Gasteiger partial charge in [0.05, 0.1) is 29.1 Å². The number of nitrogens with zero attached hydrogens (tertiary/aromatic N) is 1. The molecule has 0 saturated heterocycles. The predicted molar refractivity (Wildman–Crippen MR) is 130 cm³/mol. The Balaban J connectivity index is 1.62. The molecule has 1 heterocycles. The molecule has 3 aromatic rings. The first-order valence-corrected chi connectivity index (χ1v) is 13.6. The number of rotatable bonds is 7. The van der Waals surface area contributed by atoms with Gasteiger partial charge in [0.15, 0.2) is 0 Å². The maximum absolute atomic E-state index is 13.4. The van der Waals surface area contributed by atoms with E-state index in [1.807, 2.05) is 25.1 Å². The highest BCUT2D eigenvalue weighted by Crippen LogP contribution is 2.35. The SMILES string of the molecule is COc1ccc(S(=O)(=O)N2CCCc3ccc(NS(=O)(=O)Cc4cccc(C)c4)cc32)cc1. The highest BCUT2D eigenvalue weighted by molar-refractivity contribution is 7.93. The molecule has 0 fully saturated rings. The number of fused-ring (bicyclic) bond motifs is 1. The summed E-state index contributed by atoms with van der Waals surface area (Å²) in [5.74, 6) is 0.401. The summed E-state index contributed by atoms with van der Waals surface area (Å²) in [5.41, 5.74) is 3.35. The van der Waals surface area contributed by atoms with Gasteiger partial charge in [0.25, 0.3) is 10.0 Å². The summed E-state index contributed by atoms with van der Waals surface area (Å²) < 4.78 is 61.3. The van der Waals surface area contributed by atoms with E-state index in [9.17, 15) is 16.8 Å². The lowest BCUT2D eigenvalue weighted by atomic mass is 10.0. The molecule has 1 aliphatic rings. The minimum atomic E-state index is -3.81. The Labute approximate surface area is 195 Å². The van der Waals surface area contributed by atoms with Crippen molar-refractivity contribution in [3.8, 4) is 5.75 Å². The van der Waals surface area contributed by atoms with Gasteiger partial charge in [-0.05, 0) is 67.3 Å². The molecule has 0 aromatic heterocycles. The molecule has 3 aromatic carbocycles. The van der Waals surface area contributed by atoms with Crippen LogP contribution in [0, 0.1) is 6.92 Å². The fraction of sp³-hybridized carbons (Fsp3) is 0.250. The fourth-order valence-corrected chi connectivity index (χ4v) is 6.68. The van der Waals surface area contributed by atoms with Crippen molar-refractivity contribution in [1.82, 2.24) is 0 Å². The molecule has 0 saturated carbocycles. The molecule has 0 radical (unpaired) electrons. The van der Waals surface area contributed by atoms with E-state index in [1.54, 1.807) is 36.4 Å². The van der Waals surface area contributed by atoms with Crippen molar-refractivity contribution in [3.05, 3.63) is 83.4 Å². The van der Waals surface area contributed by atoms with Crippen LogP contribution in [0.1, 0.15) is 23.1 Å².